The van der Waals surface area contributed by atoms with Crippen molar-refractivity contribution in [2.45, 2.75) is 54.5 Å². The summed E-state index contributed by atoms with van der Waals surface area (Å²) < 4.78 is 36.7. The van der Waals surface area contributed by atoms with Crippen LogP contribution in [-0.2, 0) is 16.4 Å². The molecule has 4 rings (SSSR count). The van der Waals surface area contributed by atoms with Gasteiger partial charge in [0.15, 0.2) is 21.3 Å². The van der Waals surface area contributed by atoms with Gasteiger partial charge in [-0.25, -0.2) is 13.2 Å². The van der Waals surface area contributed by atoms with Crippen LogP contribution in [0.4, 0.5) is 4.79 Å². The van der Waals surface area contributed by atoms with Crippen LogP contribution in [0.25, 0.3) is 0 Å². The molecule has 1 N–H and O–H groups in total. The van der Waals surface area contributed by atoms with E-state index in [-0.39, 0.29) is 18.1 Å². The van der Waals surface area contributed by atoms with E-state index in [0.717, 1.165) is 18.4 Å². The number of carbonyl (C=O) groups excluding carboxylic acids is 1. The molecule has 0 radical (unpaired) electrons. The van der Waals surface area contributed by atoms with Crippen molar-refractivity contribution in [3.63, 3.8) is 0 Å². The number of hydrogen-bond acceptors (Lipinski definition) is 5. The highest BCUT2D eigenvalue weighted by atomic mass is 32.2. The lowest BCUT2D eigenvalue weighted by atomic mass is 10.0. The Morgan fingerprint density at radius 1 is 1.00 bits per heavy atom. The van der Waals surface area contributed by atoms with Gasteiger partial charge in [-0.05, 0) is 55.5 Å². The first-order valence-corrected chi connectivity index (χ1v) is 12.0. The van der Waals surface area contributed by atoms with E-state index in [1.54, 1.807) is 38.5 Å². The third kappa shape index (κ3) is 4.21. The molecule has 2 heterocycles. The minimum absolute atomic E-state index is 0.0485. The van der Waals surface area contributed by atoms with Crippen LogP contribution in [0.15, 0.2) is 53.4 Å². The van der Waals surface area contributed by atoms with Crippen LogP contribution in [0.1, 0.15) is 31.2 Å². The fraction of sp³-hybridized carbons (Fsp3) is 0.435. The summed E-state index contributed by atoms with van der Waals surface area (Å²) in [5, 5.41) is 2.54. The molecule has 2 atom stereocenters. The Morgan fingerprint density at radius 2 is 1.65 bits per heavy atom. The summed E-state index contributed by atoms with van der Waals surface area (Å²) in [6.45, 7) is 0.362. The zero-order valence-electron chi connectivity index (χ0n) is 17.8. The summed E-state index contributed by atoms with van der Waals surface area (Å²) in [6.07, 6.45) is 2.65. The Morgan fingerprint density at radius 3 is 2.26 bits per heavy atom. The number of ether oxygens (including phenoxy) is 2. The number of benzene rings is 2. The van der Waals surface area contributed by atoms with Crippen LogP contribution in [0.2, 0.25) is 0 Å². The molecular weight excluding hydrogens is 416 g/mol. The number of nitrogens with one attached hydrogen (secondary N) is 1. The highest BCUT2D eigenvalue weighted by molar-refractivity contribution is 7.92. The molecule has 31 heavy (non-hydrogen) atoms. The number of sulfone groups is 1. The number of methoxy groups -OCH3 is 2. The van der Waals surface area contributed by atoms with Crippen molar-refractivity contribution >= 4 is 15.9 Å². The van der Waals surface area contributed by atoms with E-state index in [2.05, 4.69) is 5.32 Å². The average Bonchev–Trinajstić information content (AvgIpc) is 3.06. The molecule has 166 valence electrons. The molecule has 2 fully saturated rings. The number of rotatable bonds is 6. The number of amides is 2. The molecule has 2 aliphatic heterocycles. The molecule has 2 aromatic carbocycles. The van der Waals surface area contributed by atoms with Gasteiger partial charge in [-0.15, -0.1) is 0 Å². The maximum absolute atomic E-state index is 13.1. The summed E-state index contributed by atoms with van der Waals surface area (Å²) in [5.41, 5.74) is 0.903. The van der Waals surface area contributed by atoms with Crippen molar-refractivity contribution in [3.05, 3.63) is 54.1 Å². The summed E-state index contributed by atoms with van der Waals surface area (Å²) in [4.78, 5) is 15.2. The number of hydrogen-bond donors (Lipinski definition) is 1. The van der Waals surface area contributed by atoms with Crippen LogP contribution in [0.3, 0.4) is 0 Å². The molecular formula is C23H28N2O5S. The van der Waals surface area contributed by atoms with Crippen LogP contribution in [-0.4, -0.2) is 50.9 Å². The Hall–Kier alpha value is -2.74. The quantitative estimate of drug-likeness (QED) is 0.738. The second-order valence-electron chi connectivity index (χ2n) is 8.09. The first-order valence-electron chi connectivity index (χ1n) is 10.5. The predicted octanol–water partition coefficient (Wildman–Crippen LogP) is 3.38. The molecule has 0 spiro atoms. The van der Waals surface area contributed by atoms with Gasteiger partial charge in [-0.3, -0.25) is 0 Å². The molecule has 8 heteroatoms. The SMILES string of the molecule is COc1ccc(CNC(=O)N2[C@@H]3CC[C@@H]2CC(S(=O)(=O)c2ccccc2)C3)cc1OC. The zero-order valence-corrected chi connectivity index (χ0v) is 18.6. The van der Waals surface area contributed by atoms with E-state index in [1.807, 2.05) is 29.2 Å². The minimum atomic E-state index is -3.39. The summed E-state index contributed by atoms with van der Waals surface area (Å²) >= 11 is 0. The standard InChI is InChI=1S/C23H28N2O5S/c1-29-21-11-8-16(12-22(21)30-2)15-24-23(26)25-17-9-10-18(25)14-20(13-17)31(27,28)19-6-4-3-5-7-19/h3-8,11-12,17-18,20H,9-10,13-15H2,1-2H3,(H,24,26)/t17-,18-/m1/s1. The van der Waals surface area contributed by atoms with Crippen LogP contribution in [0, 0.1) is 0 Å². The predicted molar refractivity (Wildman–Crippen MR) is 117 cm³/mol. The normalized spacial score (nSPS) is 22.8. The van der Waals surface area contributed by atoms with Gasteiger partial charge in [-0.1, -0.05) is 24.3 Å². The topological polar surface area (TPSA) is 84.9 Å². The molecule has 7 nitrogen and oxygen atoms in total. The molecule has 2 amide bonds. The first kappa shape index (κ1) is 21.5. The van der Waals surface area contributed by atoms with Crippen LogP contribution < -0.4 is 14.8 Å². The molecule has 0 unspecified atom stereocenters. The van der Waals surface area contributed by atoms with Gasteiger partial charge in [-0.2, -0.15) is 0 Å². The molecule has 2 bridgehead atoms. The highest BCUT2D eigenvalue weighted by Crippen LogP contribution is 2.40. The van der Waals surface area contributed by atoms with Gasteiger partial charge >= 0.3 is 6.03 Å². The van der Waals surface area contributed by atoms with Gasteiger partial charge in [0, 0.05) is 18.6 Å². The second kappa shape index (κ2) is 8.78. The lowest BCUT2D eigenvalue weighted by molar-refractivity contribution is 0.147. The largest absolute Gasteiger partial charge is 0.493 e. The molecule has 0 aliphatic carbocycles. The molecule has 0 aromatic heterocycles. The lowest BCUT2D eigenvalue weighted by Gasteiger charge is -2.38. The van der Waals surface area contributed by atoms with Crippen molar-refractivity contribution in [2.24, 2.45) is 0 Å². The number of fused-ring (bicyclic) bond motifs is 2. The summed E-state index contributed by atoms with van der Waals surface area (Å²) in [5.74, 6) is 1.25. The lowest BCUT2D eigenvalue weighted by Crippen LogP contribution is -2.52. The van der Waals surface area contributed by atoms with E-state index in [9.17, 15) is 13.2 Å². The number of piperidine rings is 1. The van der Waals surface area contributed by atoms with E-state index < -0.39 is 15.1 Å². The highest BCUT2D eigenvalue weighted by Gasteiger charge is 2.47. The maximum Gasteiger partial charge on any atom is 0.318 e. The number of urea groups is 1. The van der Waals surface area contributed by atoms with E-state index in [4.69, 9.17) is 9.47 Å². The van der Waals surface area contributed by atoms with Gasteiger partial charge in [0.1, 0.15) is 0 Å². The molecule has 2 aromatic rings. The van der Waals surface area contributed by atoms with Gasteiger partial charge in [0.2, 0.25) is 0 Å². The monoisotopic (exact) mass is 444 g/mol. The Balaban J connectivity index is 1.41. The van der Waals surface area contributed by atoms with Crippen molar-refractivity contribution in [3.8, 4) is 11.5 Å². The van der Waals surface area contributed by atoms with Crippen molar-refractivity contribution in [2.75, 3.05) is 14.2 Å². The van der Waals surface area contributed by atoms with Gasteiger partial charge in [0.05, 0.1) is 24.4 Å². The second-order valence-corrected chi connectivity index (χ2v) is 10.3. The summed E-state index contributed by atoms with van der Waals surface area (Å²) in [7, 11) is -0.236. The molecule has 2 saturated heterocycles. The van der Waals surface area contributed by atoms with E-state index in [0.29, 0.717) is 35.8 Å². The Kier molecular flexibility index (Phi) is 6.09. The minimum Gasteiger partial charge on any atom is -0.493 e. The van der Waals surface area contributed by atoms with Crippen LogP contribution in [0.5, 0.6) is 11.5 Å². The maximum atomic E-state index is 13.1. The van der Waals surface area contributed by atoms with Crippen molar-refractivity contribution in [1.82, 2.24) is 10.2 Å². The third-order valence-electron chi connectivity index (χ3n) is 6.33. The fourth-order valence-electron chi connectivity index (χ4n) is 4.77. The Labute approximate surface area is 183 Å². The number of carbonyl (C=O) groups is 1. The smallest absolute Gasteiger partial charge is 0.318 e. The number of nitrogens with zero attached hydrogens (tertiary/aromatic N) is 1. The molecule has 0 saturated carbocycles. The van der Waals surface area contributed by atoms with Crippen molar-refractivity contribution in [1.29, 1.82) is 0 Å². The first-order chi connectivity index (χ1) is 14.9. The Bertz CT molecular complexity index is 1030. The summed E-state index contributed by atoms with van der Waals surface area (Å²) in [6, 6.07) is 13.9. The average molecular weight is 445 g/mol. The van der Waals surface area contributed by atoms with Crippen LogP contribution >= 0.6 is 0 Å². The van der Waals surface area contributed by atoms with Gasteiger partial charge in [0.25, 0.3) is 0 Å². The van der Waals surface area contributed by atoms with Gasteiger partial charge < -0.3 is 19.7 Å². The molecule has 2 aliphatic rings. The zero-order chi connectivity index (χ0) is 22.0. The van der Waals surface area contributed by atoms with Crippen molar-refractivity contribution < 1.29 is 22.7 Å². The van der Waals surface area contributed by atoms with E-state index in [1.165, 1.54) is 0 Å². The van der Waals surface area contributed by atoms with E-state index >= 15 is 0 Å². The fourth-order valence-corrected chi connectivity index (χ4v) is 6.65. The third-order valence-corrected chi connectivity index (χ3v) is 8.52.